The maximum atomic E-state index is 12.1. The molecule has 1 aliphatic rings. The van der Waals surface area contributed by atoms with E-state index in [0.29, 0.717) is 16.9 Å². The standard InChI is InChI=1S/C16H14O4/c1-19-13-8-6-12(7-9-13)16(18)14-5-3-2-4-11(14)10-20-15(16)17/h2-9,18H,10H2,1H3/t16-/m1/s1. The van der Waals surface area contributed by atoms with E-state index in [2.05, 4.69) is 0 Å². The number of aliphatic hydroxyl groups is 1. The van der Waals surface area contributed by atoms with Crippen LogP contribution in [-0.4, -0.2) is 18.2 Å². The molecule has 0 saturated heterocycles. The minimum absolute atomic E-state index is 0.188. The van der Waals surface area contributed by atoms with Crippen LogP contribution in [0.2, 0.25) is 0 Å². The third-order valence-electron chi connectivity index (χ3n) is 3.57. The van der Waals surface area contributed by atoms with E-state index >= 15 is 0 Å². The van der Waals surface area contributed by atoms with Gasteiger partial charge < -0.3 is 14.6 Å². The molecule has 1 N–H and O–H groups in total. The van der Waals surface area contributed by atoms with Gasteiger partial charge in [0, 0.05) is 5.56 Å². The smallest absolute Gasteiger partial charge is 0.348 e. The zero-order chi connectivity index (χ0) is 14.2. The van der Waals surface area contributed by atoms with Gasteiger partial charge in [0.05, 0.1) is 7.11 Å². The van der Waals surface area contributed by atoms with Crippen molar-refractivity contribution in [2.75, 3.05) is 7.11 Å². The summed E-state index contributed by atoms with van der Waals surface area (Å²) in [6.07, 6.45) is 0. The molecule has 1 heterocycles. The van der Waals surface area contributed by atoms with Gasteiger partial charge in [0.15, 0.2) is 0 Å². The first kappa shape index (κ1) is 12.7. The van der Waals surface area contributed by atoms with Gasteiger partial charge in [-0.3, -0.25) is 0 Å². The Morgan fingerprint density at radius 2 is 1.85 bits per heavy atom. The average Bonchev–Trinajstić information content (AvgIpc) is 2.51. The van der Waals surface area contributed by atoms with Crippen LogP contribution in [0.25, 0.3) is 0 Å². The highest BCUT2D eigenvalue weighted by Crippen LogP contribution is 2.37. The summed E-state index contributed by atoms with van der Waals surface area (Å²) in [6.45, 7) is 0.188. The average molecular weight is 270 g/mol. The van der Waals surface area contributed by atoms with Crippen LogP contribution in [-0.2, 0) is 21.7 Å². The van der Waals surface area contributed by atoms with Gasteiger partial charge in [-0.15, -0.1) is 0 Å². The van der Waals surface area contributed by atoms with Gasteiger partial charge >= 0.3 is 5.97 Å². The number of carbonyl (C=O) groups is 1. The highest BCUT2D eigenvalue weighted by Gasteiger charge is 2.45. The minimum atomic E-state index is -1.76. The summed E-state index contributed by atoms with van der Waals surface area (Å²) in [4.78, 5) is 12.1. The van der Waals surface area contributed by atoms with Crippen LogP contribution >= 0.6 is 0 Å². The lowest BCUT2D eigenvalue weighted by Gasteiger charge is -2.32. The predicted molar refractivity (Wildman–Crippen MR) is 72.2 cm³/mol. The molecule has 2 aromatic rings. The van der Waals surface area contributed by atoms with Crippen molar-refractivity contribution in [3.63, 3.8) is 0 Å². The summed E-state index contributed by atoms with van der Waals surface area (Å²) in [7, 11) is 1.56. The molecule has 0 fully saturated rings. The molecule has 0 aromatic heterocycles. The van der Waals surface area contributed by atoms with Gasteiger partial charge in [0.1, 0.15) is 12.4 Å². The maximum absolute atomic E-state index is 12.1. The van der Waals surface area contributed by atoms with E-state index in [9.17, 15) is 9.90 Å². The molecule has 0 spiro atoms. The lowest BCUT2D eigenvalue weighted by molar-refractivity contribution is -0.166. The number of benzene rings is 2. The number of carbonyl (C=O) groups excluding carboxylic acids is 1. The molecule has 102 valence electrons. The van der Waals surface area contributed by atoms with Gasteiger partial charge in [-0.25, -0.2) is 4.79 Å². The number of ether oxygens (including phenoxy) is 2. The molecule has 0 unspecified atom stereocenters. The molecule has 1 aliphatic heterocycles. The molecule has 4 nitrogen and oxygen atoms in total. The van der Waals surface area contributed by atoms with E-state index in [1.165, 1.54) is 0 Å². The van der Waals surface area contributed by atoms with E-state index in [4.69, 9.17) is 9.47 Å². The molecule has 20 heavy (non-hydrogen) atoms. The molecule has 4 heteroatoms. The van der Waals surface area contributed by atoms with Gasteiger partial charge in [0.25, 0.3) is 0 Å². The van der Waals surface area contributed by atoms with Crippen LogP contribution < -0.4 is 4.74 Å². The van der Waals surface area contributed by atoms with Gasteiger partial charge in [-0.2, -0.15) is 0 Å². The highest BCUT2D eigenvalue weighted by molar-refractivity contribution is 5.87. The van der Waals surface area contributed by atoms with E-state index in [1.807, 2.05) is 12.1 Å². The number of fused-ring (bicyclic) bond motifs is 1. The Morgan fingerprint density at radius 3 is 2.55 bits per heavy atom. The quantitative estimate of drug-likeness (QED) is 0.848. The first-order valence-electron chi connectivity index (χ1n) is 6.29. The molecule has 0 radical (unpaired) electrons. The topological polar surface area (TPSA) is 55.8 Å². The normalized spacial score (nSPS) is 21.0. The SMILES string of the molecule is COc1ccc([C@]2(O)C(=O)OCc3ccccc32)cc1. The Labute approximate surface area is 116 Å². The molecule has 0 saturated carbocycles. The third kappa shape index (κ3) is 1.77. The van der Waals surface area contributed by atoms with Gasteiger partial charge in [0.2, 0.25) is 5.60 Å². The molecular weight excluding hydrogens is 256 g/mol. The minimum Gasteiger partial charge on any atom is -0.497 e. The second-order valence-electron chi connectivity index (χ2n) is 4.67. The Morgan fingerprint density at radius 1 is 1.15 bits per heavy atom. The number of hydrogen-bond acceptors (Lipinski definition) is 4. The van der Waals surface area contributed by atoms with Crippen molar-refractivity contribution >= 4 is 5.97 Å². The van der Waals surface area contributed by atoms with Crippen molar-refractivity contribution in [3.8, 4) is 5.75 Å². The summed E-state index contributed by atoms with van der Waals surface area (Å²) in [5.74, 6) is 0.0104. The number of cyclic esters (lactones) is 1. The Kier molecular flexibility index (Phi) is 2.95. The predicted octanol–water partition coefficient (Wildman–Crippen LogP) is 1.99. The molecular formula is C16H14O4. The van der Waals surface area contributed by atoms with Crippen LogP contribution in [0.15, 0.2) is 48.5 Å². The second kappa shape index (κ2) is 4.65. The summed E-state index contributed by atoms with van der Waals surface area (Å²) in [5.41, 5.74) is 0.0866. The number of hydrogen-bond donors (Lipinski definition) is 1. The number of esters is 1. The lowest BCUT2D eigenvalue weighted by Crippen LogP contribution is -2.42. The van der Waals surface area contributed by atoms with E-state index < -0.39 is 11.6 Å². The first-order chi connectivity index (χ1) is 9.66. The molecule has 3 rings (SSSR count). The molecule has 0 amide bonds. The number of methoxy groups -OCH3 is 1. The summed E-state index contributed by atoms with van der Waals surface area (Å²) < 4.78 is 10.2. The Bertz CT molecular complexity index is 648. The van der Waals surface area contributed by atoms with Crippen LogP contribution in [0.5, 0.6) is 5.75 Å². The fourth-order valence-electron chi connectivity index (χ4n) is 2.46. The van der Waals surface area contributed by atoms with Gasteiger partial charge in [-0.1, -0.05) is 36.4 Å². The number of rotatable bonds is 2. The van der Waals surface area contributed by atoms with Crippen LogP contribution in [0, 0.1) is 0 Å². The summed E-state index contributed by atoms with van der Waals surface area (Å²) in [6, 6.07) is 14.0. The van der Waals surface area contributed by atoms with Crippen molar-refractivity contribution < 1.29 is 19.4 Å². The van der Waals surface area contributed by atoms with Crippen molar-refractivity contribution in [3.05, 3.63) is 65.2 Å². The van der Waals surface area contributed by atoms with Crippen molar-refractivity contribution in [2.45, 2.75) is 12.2 Å². The Balaban J connectivity index is 2.15. The van der Waals surface area contributed by atoms with Crippen LogP contribution in [0.1, 0.15) is 16.7 Å². The molecule has 2 aromatic carbocycles. The van der Waals surface area contributed by atoms with E-state index in [0.717, 1.165) is 5.56 Å². The van der Waals surface area contributed by atoms with Crippen molar-refractivity contribution in [1.82, 2.24) is 0 Å². The molecule has 0 bridgehead atoms. The van der Waals surface area contributed by atoms with E-state index in [-0.39, 0.29) is 6.61 Å². The molecule has 0 aliphatic carbocycles. The third-order valence-corrected chi connectivity index (χ3v) is 3.57. The monoisotopic (exact) mass is 270 g/mol. The zero-order valence-electron chi connectivity index (χ0n) is 11.0. The summed E-state index contributed by atoms with van der Waals surface area (Å²) >= 11 is 0. The zero-order valence-corrected chi connectivity index (χ0v) is 11.0. The highest BCUT2D eigenvalue weighted by atomic mass is 16.6. The first-order valence-corrected chi connectivity index (χ1v) is 6.29. The van der Waals surface area contributed by atoms with Crippen molar-refractivity contribution in [1.29, 1.82) is 0 Å². The fraction of sp³-hybridized carbons (Fsp3) is 0.188. The van der Waals surface area contributed by atoms with Crippen LogP contribution in [0.3, 0.4) is 0 Å². The van der Waals surface area contributed by atoms with Crippen molar-refractivity contribution in [2.24, 2.45) is 0 Å². The largest absolute Gasteiger partial charge is 0.497 e. The van der Waals surface area contributed by atoms with E-state index in [1.54, 1.807) is 43.5 Å². The fourth-order valence-corrected chi connectivity index (χ4v) is 2.46. The summed E-state index contributed by atoms with van der Waals surface area (Å²) in [5, 5.41) is 10.9. The van der Waals surface area contributed by atoms with Crippen LogP contribution in [0.4, 0.5) is 0 Å². The molecule has 1 atom stereocenters. The lowest BCUT2D eigenvalue weighted by atomic mass is 9.82. The Hall–Kier alpha value is -2.33. The van der Waals surface area contributed by atoms with Gasteiger partial charge in [-0.05, 0) is 23.3 Å². The maximum Gasteiger partial charge on any atom is 0.348 e. The second-order valence-corrected chi connectivity index (χ2v) is 4.67.